The minimum Gasteiger partial charge on any atom is -0.444 e. The molecule has 1 atom stereocenters. The van der Waals surface area contributed by atoms with E-state index in [1.807, 2.05) is 43.2 Å². The second-order valence-corrected chi connectivity index (χ2v) is 8.57. The number of rotatable bonds is 10. The number of alkyl carbamates (subject to hydrolysis) is 1. The van der Waals surface area contributed by atoms with E-state index >= 15 is 0 Å². The molecule has 1 aromatic heterocycles. The smallest absolute Gasteiger partial charge is 0.408 e. The lowest BCUT2D eigenvalue weighted by atomic mass is 10.1. The van der Waals surface area contributed by atoms with Gasteiger partial charge in [-0.05, 0) is 45.1 Å². The summed E-state index contributed by atoms with van der Waals surface area (Å²) in [5.41, 5.74) is -0.582. The highest BCUT2D eigenvalue weighted by atomic mass is 32.1. The third-order valence-electron chi connectivity index (χ3n) is 3.86. The van der Waals surface area contributed by atoms with E-state index in [1.54, 1.807) is 11.3 Å². The molecule has 1 rings (SSSR count). The molecule has 0 aliphatic heterocycles. The highest BCUT2D eigenvalue weighted by Crippen LogP contribution is 2.16. The van der Waals surface area contributed by atoms with E-state index < -0.39 is 17.7 Å². The fourth-order valence-electron chi connectivity index (χ4n) is 2.54. The Morgan fingerprint density at radius 1 is 1.23 bits per heavy atom. The van der Waals surface area contributed by atoms with E-state index in [1.165, 1.54) is 0 Å². The largest absolute Gasteiger partial charge is 0.444 e. The van der Waals surface area contributed by atoms with E-state index in [2.05, 4.69) is 19.2 Å². The van der Waals surface area contributed by atoms with Gasteiger partial charge in [0.15, 0.2) is 0 Å². The van der Waals surface area contributed by atoms with Crippen molar-refractivity contribution in [2.75, 3.05) is 6.54 Å². The molecule has 1 heterocycles. The quantitative estimate of drug-likeness (QED) is 0.622. The summed E-state index contributed by atoms with van der Waals surface area (Å²) in [7, 11) is 0. The Bertz CT molecular complexity index is 538. The molecule has 0 radical (unpaired) electrons. The summed E-state index contributed by atoms with van der Waals surface area (Å²) in [4.78, 5) is 28.4. The van der Waals surface area contributed by atoms with Crippen molar-refractivity contribution in [3.63, 3.8) is 0 Å². The van der Waals surface area contributed by atoms with Crippen LogP contribution < -0.4 is 5.32 Å². The number of nitrogens with one attached hydrogen (secondary N) is 1. The van der Waals surface area contributed by atoms with Crippen LogP contribution in [0.15, 0.2) is 17.5 Å². The number of thiophene rings is 1. The molecule has 148 valence electrons. The Morgan fingerprint density at radius 3 is 2.46 bits per heavy atom. The Kier molecular flexibility index (Phi) is 9.70. The van der Waals surface area contributed by atoms with Crippen LogP contribution in [0.1, 0.15) is 71.6 Å². The van der Waals surface area contributed by atoms with E-state index in [0.717, 1.165) is 30.6 Å². The fourth-order valence-corrected chi connectivity index (χ4v) is 3.26. The van der Waals surface area contributed by atoms with E-state index in [-0.39, 0.29) is 5.91 Å². The molecule has 0 aliphatic rings. The van der Waals surface area contributed by atoms with Crippen LogP contribution in [-0.2, 0) is 16.1 Å². The number of carbonyl (C=O) groups is 2. The second-order valence-electron chi connectivity index (χ2n) is 7.53. The van der Waals surface area contributed by atoms with Crippen molar-refractivity contribution < 1.29 is 14.3 Å². The monoisotopic (exact) mass is 382 g/mol. The lowest BCUT2D eigenvalue weighted by Crippen LogP contribution is -2.49. The molecular formula is C20H34N2O3S. The van der Waals surface area contributed by atoms with Gasteiger partial charge >= 0.3 is 6.09 Å². The summed E-state index contributed by atoms with van der Waals surface area (Å²) in [5.74, 6) is -0.0221. The number of carbonyl (C=O) groups excluding carboxylic acids is 2. The van der Waals surface area contributed by atoms with Gasteiger partial charge in [0.1, 0.15) is 11.6 Å². The second kappa shape index (κ2) is 11.2. The van der Waals surface area contributed by atoms with Gasteiger partial charge in [-0.1, -0.05) is 39.2 Å². The normalized spacial score (nSPS) is 12.5. The maximum Gasteiger partial charge on any atom is 0.408 e. The molecular weight excluding hydrogens is 348 g/mol. The summed E-state index contributed by atoms with van der Waals surface area (Å²) < 4.78 is 5.35. The number of unbranched alkanes of at least 4 members (excludes halogenated alkanes) is 2. The number of hydrogen-bond donors (Lipinski definition) is 1. The Balaban J connectivity index is 2.84. The summed E-state index contributed by atoms with van der Waals surface area (Å²) >= 11 is 1.65. The van der Waals surface area contributed by atoms with Gasteiger partial charge in [-0.2, -0.15) is 0 Å². The van der Waals surface area contributed by atoms with Crippen molar-refractivity contribution in [1.82, 2.24) is 10.2 Å². The SMILES string of the molecule is CCCCC(NC(=O)OC(C)(C)C)C(=O)N(CCCC)Cc1cccs1. The highest BCUT2D eigenvalue weighted by Gasteiger charge is 2.27. The highest BCUT2D eigenvalue weighted by molar-refractivity contribution is 7.09. The Labute approximate surface area is 162 Å². The Hall–Kier alpha value is -1.56. The molecule has 0 aliphatic carbocycles. The zero-order chi connectivity index (χ0) is 19.6. The van der Waals surface area contributed by atoms with Gasteiger partial charge in [0.05, 0.1) is 6.54 Å². The van der Waals surface area contributed by atoms with Crippen molar-refractivity contribution in [2.24, 2.45) is 0 Å². The lowest BCUT2D eigenvalue weighted by molar-refractivity contribution is -0.134. The van der Waals surface area contributed by atoms with Gasteiger partial charge in [0.25, 0.3) is 0 Å². The van der Waals surface area contributed by atoms with Crippen molar-refractivity contribution >= 4 is 23.3 Å². The Morgan fingerprint density at radius 2 is 1.92 bits per heavy atom. The molecule has 0 fully saturated rings. The van der Waals surface area contributed by atoms with Crippen LogP contribution in [0.25, 0.3) is 0 Å². The number of amides is 2. The van der Waals surface area contributed by atoms with E-state index in [4.69, 9.17) is 4.74 Å². The molecule has 26 heavy (non-hydrogen) atoms. The predicted octanol–water partition coefficient (Wildman–Crippen LogP) is 4.96. The van der Waals surface area contributed by atoms with Crippen LogP contribution >= 0.6 is 11.3 Å². The molecule has 0 saturated heterocycles. The average molecular weight is 383 g/mol. The minimum atomic E-state index is -0.582. The maximum atomic E-state index is 13.1. The molecule has 5 nitrogen and oxygen atoms in total. The summed E-state index contributed by atoms with van der Waals surface area (Å²) in [5, 5.41) is 4.81. The molecule has 2 amide bonds. The van der Waals surface area contributed by atoms with Crippen LogP contribution in [0, 0.1) is 0 Å². The summed E-state index contributed by atoms with van der Waals surface area (Å²) in [6.07, 6.45) is 3.92. The van der Waals surface area contributed by atoms with Crippen LogP contribution in [-0.4, -0.2) is 35.1 Å². The van der Waals surface area contributed by atoms with Crippen molar-refractivity contribution in [2.45, 2.75) is 84.9 Å². The predicted molar refractivity (Wildman–Crippen MR) is 107 cm³/mol. The third kappa shape index (κ3) is 8.70. The van der Waals surface area contributed by atoms with Gasteiger partial charge in [0, 0.05) is 11.4 Å². The van der Waals surface area contributed by atoms with E-state index in [0.29, 0.717) is 19.5 Å². The fraction of sp³-hybridized carbons (Fsp3) is 0.700. The topological polar surface area (TPSA) is 58.6 Å². The van der Waals surface area contributed by atoms with Gasteiger partial charge in [-0.25, -0.2) is 4.79 Å². The van der Waals surface area contributed by atoms with Crippen LogP contribution in [0.2, 0.25) is 0 Å². The van der Waals surface area contributed by atoms with Crippen LogP contribution in [0.4, 0.5) is 4.79 Å². The number of hydrogen-bond acceptors (Lipinski definition) is 4. The lowest BCUT2D eigenvalue weighted by Gasteiger charge is -2.28. The molecule has 1 unspecified atom stereocenters. The number of nitrogens with zero attached hydrogens (tertiary/aromatic N) is 1. The van der Waals surface area contributed by atoms with Crippen LogP contribution in [0.5, 0.6) is 0 Å². The molecule has 0 aromatic carbocycles. The third-order valence-corrected chi connectivity index (χ3v) is 4.72. The average Bonchev–Trinajstić information content (AvgIpc) is 3.06. The first kappa shape index (κ1) is 22.5. The standard InChI is InChI=1S/C20H34N2O3S/c1-6-8-12-17(21-19(24)25-20(3,4)5)18(23)22(13-9-7-2)15-16-11-10-14-26-16/h10-11,14,17H,6-9,12-13,15H2,1-5H3,(H,21,24). The maximum absolute atomic E-state index is 13.1. The first-order valence-corrected chi connectivity index (χ1v) is 10.5. The zero-order valence-corrected chi connectivity index (χ0v) is 17.7. The van der Waals surface area contributed by atoms with Crippen molar-refractivity contribution in [3.8, 4) is 0 Å². The first-order valence-electron chi connectivity index (χ1n) is 9.57. The molecule has 6 heteroatoms. The zero-order valence-electron chi connectivity index (χ0n) is 16.8. The molecule has 1 aromatic rings. The van der Waals surface area contributed by atoms with Gasteiger partial charge in [-0.3, -0.25) is 4.79 Å². The molecule has 0 saturated carbocycles. The van der Waals surface area contributed by atoms with Crippen molar-refractivity contribution in [1.29, 1.82) is 0 Å². The van der Waals surface area contributed by atoms with Gasteiger partial charge < -0.3 is 15.0 Å². The van der Waals surface area contributed by atoms with Crippen LogP contribution in [0.3, 0.4) is 0 Å². The van der Waals surface area contributed by atoms with Gasteiger partial charge in [-0.15, -0.1) is 11.3 Å². The molecule has 1 N–H and O–H groups in total. The number of ether oxygens (including phenoxy) is 1. The summed E-state index contributed by atoms with van der Waals surface area (Å²) in [6, 6.07) is 3.50. The first-order chi connectivity index (χ1) is 12.3. The molecule has 0 bridgehead atoms. The van der Waals surface area contributed by atoms with E-state index in [9.17, 15) is 9.59 Å². The van der Waals surface area contributed by atoms with Crippen molar-refractivity contribution in [3.05, 3.63) is 22.4 Å². The summed E-state index contributed by atoms with van der Waals surface area (Å²) in [6.45, 7) is 10.9. The molecule has 0 spiro atoms. The minimum absolute atomic E-state index is 0.0221. The van der Waals surface area contributed by atoms with Gasteiger partial charge in [0.2, 0.25) is 5.91 Å².